The van der Waals surface area contributed by atoms with Gasteiger partial charge in [-0.2, -0.15) is 5.10 Å². The van der Waals surface area contributed by atoms with Gasteiger partial charge in [-0.25, -0.2) is 5.48 Å². The molecular weight excluding hydrogens is 278 g/mol. The molecule has 5 heteroatoms. The van der Waals surface area contributed by atoms with Crippen LogP contribution in [0.1, 0.15) is 18.0 Å². The number of nitrogens with zero attached hydrogens (tertiary/aromatic N) is 2. The van der Waals surface area contributed by atoms with E-state index in [1.165, 1.54) is 7.11 Å². The molecule has 0 bridgehead atoms. The molecule has 22 heavy (non-hydrogen) atoms. The molecule has 0 saturated heterocycles. The molecule has 1 unspecified atom stereocenters. The minimum Gasteiger partial charge on any atom is -0.277 e. The number of hydrogen-bond acceptors (Lipinski definition) is 4. The molecule has 3 rings (SSSR count). The molecule has 0 saturated carbocycles. The first kappa shape index (κ1) is 14.3. The molecule has 2 aromatic rings. The second kappa shape index (κ2) is 6.41. The highest BCUT2D eigenvalue weighted by Crippen LogP contribution is 2.34. The molecule has 1 aliphatic heterocycles. The van der Waals surface area contributed by atoms with E-state index >= 15 is 0 Å². The number of hydroxylamine groups is 1. The first-order valence-corrected chi connectivity index (χ1v) is 7.09. The van der Waals surface area contributed by atoms with Gasteiger partial charge in [-0.1, -0.05) is 48.5 Å². The molecule has 1 atom stereocenters. The summed E-state index contributed by atoms with van der Waals surface area (Å²) >= 11 is 0. The number of amides is 1. The van der Waals surface area contributed by atoms with Crippen molar-refractivity contribution < 1.29 is 9.63 Å². The predicted octanol–water partition coefficient (Wildman–Crippen LogP) is 2.67. The van der Waals surface area contributed by atoms with Gasteiger partial charge in [0.15, 0.2) is 0 Å². The summed E-state index contributed by atoms with van der Waals surface area (Å²) in [6.45, 7) is 0. The third kappa shape index (κ3) is 2.84. The zero-order valence-electron chi connectivity index (χ0n) is 12.3. The van der Waals surface area contributed by atoms with Crippen molar-refractivity contribution in [1.29, 1.82) is 0 Å². The molecule has 0 radical (unpaired) electrons. The fourth-order valence-corrected chi connectivity index (χ4v) is 2.55. The second-order valence-corrected chi connectivity index (χ2v) is 4.99. The highest BCUT2D eigenvalue weighted by Gasteiger charge is 2.32. The van der Waals surface area contributed by atoms with E-state index in [2.05, 4.69) is 10.6 Å². The number of anilines is 1. The SMILES string of the molecule is CONC(=O)C1=NN(c2ccccc2)C(c2ccccc2)C1. The zero-order valence-corrected chi connectivity index (χ0v) is 12.3. The van der Waals surface area contributed by atoms with Crippen molar-refractivity contribution in [3.05, 3.63) is 66.2 Å². The molecule has 1 amide bonds. The van der Waals surface area contributed by atoms with Crippen molar-refractivity contribution in [2.45, 2.75) is 12.5 Å². The van der Waals surface area contributed by atoms with Gasteiger partial charge in [0.2, 0.25) is 0 Å². The molecule has 2 aromatic carbocycles. The van der Waals surface area contributed by atoms with E-state index in [1.54, 1.807) is 0 Å². The monoisotopic (exact) mass is 295 g/mol. The fourth-order valence-electron chi connectivity index (χ4n) is 2.55. The lowest BCUT2D eigenvalue weighted by atomic mass is 10.0. The quantitative estimate of drug-likeness (QED) is 0.882. The Hall–Kier alpha value is -2.66. The smallest absolute Gasteiger partial charge is 0.277 e. The predicted molar refractivity (Wildman–Crippen MR) is 85.3 cm³/mol. The number of carbonyl (C=O) groups excluding carboxylic acids is 1. The summed E-state index contributed by atoms with van der Waals surface area (Å²) in [5.74, 6) is -0.304. The summed E-state index contributed by atoms with van der Waals surface area (Å²) in [6, 6.07) is 19.9. The third-order valence-electron chi connectivity index (χ3n) is 3.57. The maximum absolute atomic E-state index is 12.0. The van der Waals surface area contributed by atoms with Gasteiger partial charge in [0.25, 0.3) is 5.91 Å². The van der Waals surface area contributed by atoms with Crippen molar-refractivity contribution in [1.82, 2.24) is 5.48 Å². The fraction of sp³-hybridized carbons (Fsp3) is 0.176. The molecule has 0 spiro atoms. The van der Waals surface area contributed by atoms with E-state index in [0.717, 1.165) is 11.3 Å². The Kier molecular flexibility index (Phi) is 4.16. The van der Waals surface area contributed by atoms with Gasteiger partial charge in [-0.3, -0.25) is 14.6 Å². The zero-order chi connectivity index (χ0) is 15.4. The van der Waals surface area contributed by atoms with Crippen LogP contribution in [0.15, 0.2) is 65.8 Å². The van der Waals surface area contributed by atoms with Gasteiger partial charge in [0.1, 0.15) is 5.71 Å². The van der Waals surface area contributed by atoms with Crippen LogP contribution in [0, 0.1) is 0 Å². The van der Waals surface area contributed by atoms with Crippen molar-refractivity contribution in [3.8, 4) is 0 Å². The van der Waals surface area contributed by atoms with Gasteiger partial charge >= 0.3 is 0 Å². The average Bonchev–Trinajstić information content (AvgIpc) is 3.02. The topological polar surface area (TPSA) is 53.9 Å². The Bertz CT molecular complexity index is 671. The van der Waals surface area contributed by atoms with Crippen LogP contribution in [0.2, 0.25) is 0 Å². The maximum Gasteiger partial charge on any atom is 0.291 e. The van der Waals surface area contributed by atoms with Crippen LogP contribution in [0.4, 0.5) is 5.69 Å². The van der Waals surface area contributed by atoms with Crippen LogP contribution in [0.3, 0.4) is 0 Å². The molecule has 5 nitrogen and oxygen atoms in total. The molecule has 0 aliphatic carbocycles. The third-order valence-corrected chi connectivity index (χ3v) is 3.57. The van der Waals surface area contributed by atoms with Crippen LogP contribution in [0.5, 0.6) is 0 Å². The normalized spacial score (nSPS) is 17.2. The Morgan fingerprint density at radius 1 is 1.14 bits per heavy atom. The molecule has 1 aliphatic rings. The summed E-state index contributed by atoms with van der Waals surface area (Å²) < 4.78 is 0. The maximum atomic E-state index is 12.0. The average molecular weight is 295 g/mol. The van der Waals surface area contributed by atoms with Crippen LogP contribution < -0.4 is 10.5 Å². The van der Waals surface area contributed by atoms with Crippen LogP contribution in [-0.4, -0.2) is 18.7 Å². The number of nitrogens with one attached hydrogen (secondary N) is 1. The van der Waals surface area contributed by atoms with Gasteiger partial charge < -0.3 is 0 Å². The first-order chi connectivity index (χ1) is 10.8. The Balaban J connectivity index is 1.94. The van der Waals surface area contributed by atoms with E-state index < -0.39 is 0 Å². The van der Waals surface area contributed by atoms with Crippen LogP contribution >= 0.6 is 0 Å². The summed E-state index contributed by atoms with van der Waals surface area (Å²) in [5.41, 5.74) is 4.87. The van der Waals surface area contributed by atoms with Gasteiger partial charge in [-0.05, 0) is 17.7 Å². The van der Waals surface area contributed by atoms with Gasteiger partial charge in [0.05, 0.1) is 18.8 Å². The minimum atomic E-state index is -0.304. The molecule has 1 heterocycles. The van der Waals surface area contributed by atoms with Crippen molar-refractivity contribution >= 4 is 17.3 Å². The summed E-state index contributed by atoms with van der Waals surface area (Å²) in [4.78, 5) is 16.7. The molecule has 112 valence electrons. The minimum absolute atomic E-state index is 0.00112. The van der Waals surface area contributed by atoms with E-state index in [-0.39, 0.29) is 11.9 Å². The Labute approximate surface area is 129 Å². The van der Waals surface area contributed by atoms with Crippen molar-refractivity contribution in [2.75, 3.05) is 12.1 Å². The van der Waals surface area contributed by atoms with Crippen LogP contribution in [0.25, 0.3) is 0 Å². The van der Waals surface area contributed by atoms with Crippen LogP contribution in [-0.2, 0) is 9.63 Å². The lowest BCUT2D eigenvalue weighted by molar-refractivity contribution is -0.124. The summed E-state index contributed by atoms with van der Waals surface area (Å²) in [5, 5.41) is 6.38. The first-order valence-electron chi connectivity index (χ1n) is 7.09. The number of para-hydroxylation sites is 1. The molecule has 0 fully saturated rings. The number of hydrogen-bond donors (Lipinski definition) is 1. The van der Waals surface area contributed by atoms with E-state index in [4.69, 9.17) is 4.84 Å². The summed E-state index contributed by atoms with van der Waals surface area (Å²) in [7, 11) is 1.41. The number of rotatable bonds is 4. The molecule has 1 N–H and O–H groups in total. The largest absolute Gasteiger partial charge is 0.291 e. The lowest BCUT2D eigenvalue weighted by Gasteiger charge is -2.23. The summed E-state index contributed by atoms with van der Waals surface area (Å²) in [6.07, 6.45) is 0.536. The molecular formula is C17H17N3O2. The van der Waals surface area contributed by atoms with E-state index in [0.29, 0.717) is 12.1 Å². The van der Waals surface area contributed by atoms with Gasteiger partial charge in [0, 0.05) is 6.42 Å². The Morgan fingerprint density at radius 2 is 1.77 bits per heavy atom. The number of benzene rings is 2. The van der Waals surface area contributed by atoms with E-state index in [1.807, 2.05) is 65.7 Å². The molecule has 0 aromatic heterocycles. The van der Waals surface area contributed by atoms with Crippen molar-refractivity contribution in [3.63, 3.8) is 0 Å². The second-order valence-electron chi connectivity index (χ2n) is 4.99. The van der Waals surface area contributed by atoms with Gasteiger partial charge in [-0.15, -0.1) is 0 Å². The number of hydrazone groups is 1. The Morgan fingerprint density at radius 3 is 2.41 bits per heavy atom. The standard InChI is InChI=1S/C17H17N3O2/c1-22-19-17(21)15-12-16(13-8-4-2-5-9-13)20(18-15)14-10-6-3-7-11-14/h2-11,16H,12H2,1H3,(H,19,21). The lowest BCUT2D eigenvalue weighted by Crippen LogP contribution is -2.29. The highest BCUT2D eigenvalue weighted by molar-refractivity contribution is 6.39. The number of carbonyl (C=O) groups is 1. The highest BCUT2D eigenvalue weighted by atomic mass is 16.6. The van der Waals surface area contributed by atoms with Crippen molar-refractivity contribution in [2.24, 2.45) is 5.10 Å². The van der Waals surface area contributed by atoms with E-state index in [9.17, 15) is 4.79 Å².